The standard InChI is InChI=1S/C14H20N2O2S/c1-9(2)13(17)16-14(19)15-11-7-5-6-8-12(11)18-10(3)4/h5-10H,1-4H3,(H2,15,16,17,19). The summed E-state index contributed by atoms with van der Waals surface area (Å²) in [6.45, 7) is 7.53. The number of para-hydroxylation sites is 2. The summed E-state index contributed by atoms with van der Waals surface area (Å²) in [5.41, 5.74) is 0.741. The van der Waals surface area contributed by atoms with Crippen LogP contribution in [-0.4, -0.2) is 17.1 Å². The SMILES string of the molecule is CC(C)Oc1ccccc1NC(=S)NC(=O)C(C)C. The lowest BCUT2D eigenvalue weighted by Gasteiger charge is -2.16. The zero-order valence-electron chi connectivity index (χ0n) is 11.7. The summed E-state index contributed by atoms with van der Waals surface area (Å²) >= 11 is 5.11. The highest BCUT2D eigenvalue weighted by molar-refractivity contribution is 7.80. The molecule has 104 valence electrons. The smallest absolute Gasteiger partial charge is 0.228 e. The Kier molecular flexibility index (Phi) is 5.76. The van der Waals surface area contributed by atoms with E-state index >= 15 is 0 Å². The molecule has 1 aromatic rings. The molecular formula is C14H20N2O2S. The number of benzene rings is 1. The van der Waals surface area contributed by atoms with Crippen molar-refractivity contribution in [1.29, 1.82) is 0 Å². The first-order valence-corrected chi connectivity index (χ1v) is 6.68. The van der Waals surface area contributed by atoms with Crippen molar-refractivity contribution in [3.05, 3.63) is 24.3 Å². The van der Waals surface area contributed by atoms with Gasteiger partial charge in [0.1, 0.15) is 5.75 Å². The van der Waals surface area contributed by atoms with Crippen LogP contribution in [0.25, 0.3) is 0 Å². The minimum absolute atomic E-state index is 0.0711. The predicted octanol–water partition coefficient (Wildman–Crippen LogP) is 2.94. The Morgan fingerprint density at radius 2 is 1.84 bits per heavy atom. The van der Waals surface area contributed by atoms with Gasteiger partial charge in [-0.05, 0) is 38.2 Å². The molecule has 19 heavy (non-hydrogen) atoms. The highest BCUT2D eigenvalue weighted by Gasteiger charge is 2.11. The second kappa shape index (κ2) is 7.09. The van der Waals surface area contributed by atoms with E-state index in [-0.39, 0.29) is 23.0 Å². The fraction of sp³-hybridized carbons (Fsp3) is 0.429. The summed E-state index contributed by atoms with van der Waals surface area (Å²) in [5, 5.41) is 5.89. The number of hydrogen-bond donors (Lipinski definition) is 2. The molecule has 0 saturated carbocycles. The fourth-order valence-corrected chi connectivity index (χ4v) is 1.55. The molecule has 0 aliphatic rings. The molecule has 0 bridgehead atoms. The van der Waals surface area contributed by atoms with Crippen molar-refractivity contribution in [2.45, 2.75) is 33.8 Å². The average molecular weight is 280 g/mol. The van der Waals surface area contributed by atoms with Gasteiger partial charge in [-0.1, -0.05) is 26.0 Å². The number of amides is 1. The third kappa shape index (κ3) is 5.26. The Morgan fingerprint density at radius 1 is 1.21 bits per heavy atom. The first-order valence-electron chi connectivity index (χ1n) is 6.27. The van der Waals surface area contributed by atoms with Gasteiger partial charge in [0.2, 0.25) is 5.91 Å². The summed E-state index contributed by atoms with van der Waals surface area (Å²) in [6.07, 6.45) is 0.0711. The number of hydrogen-bond acceptors (Lipinski definition) is 3. The number of anilines is 1. The van der Waals surface area contributed by atoms with Gasteiger partial charge in [0, 0.05) is 5.92 Å². The van der Waals surface area contributed by atoms with Gasteiger partial charge in [0.15, 0.2) is 5.11 Å². The lowest BCUT2D eigenvalue weighted by Crippen LogP contribution is -2.36. The van der Waals surface area contributed by atoms with Gasteiger partial charge in [-0.25, -0.2) is 0 Å². The number of rotatable bonds is 4. The van der Waals surface area contributed by atoms with Crippen LogP contribution in [0.15, 0.2) is 24.3 Å². The van der Waals surface area contributed by atoms with Crippen LogP contribution in [0.4, 0.5) is 5.69 Å². The molecule has 0 unspecified atom stereocenters. The second-order valence-electron chi connectivity index (χ2n) is 4.76. The molecule has 2 N–H and O–H groups in total. The monoisotopic (exact) mass is 280 g/mol. The Balaban J connectivity index is 2.71. The van der Waals surface area contributed by atoms with E-state index in [4.69, 9.17) is 17.0 Å². The van der Waals surface area contributed by atoms with Gasteiger partial charge in [-0.2, -0.15) is 0 Å². The van der Waals surface area contributed by atoms with Gasteiger partial charge < -0.3 is 15.4 Å². The largest absolute Gasteiger partial charge is 0.489 e. The van der Waals surface area contributed by atoms with Gasteiger partial charge in [0.25, 0.3) is 0 Å². The Labute approximate surface area is 119 Å². The van der Waals surface area contributed by atoms with Crippen LogP contribution in [0, 0.1) is 5.92 Å². The minimum Gasteiger partial charge on any atom is -0.489 e. The van der Waals surface area contributed by atoms with Crippen molar-refractivity contribution in [3.63, 3.8) is 0 Å². The third-order valence-electron chi connectivity index (χ3n) is 2.26. The lowest BCUT2D eigenvalue weighted by atomic mass is 10.2. The Morgan fingerprint density at radius 3 is 2.42 bits per heavy atom. The van der Waals surface area contributed by atoms with Gasteiger partial charge >= 0.3 is 0 Å². The Hall–Kier alpha value is -1.62. The predicted molar refractivity (Wildman–Crippen MR) is 81.4 cm³/mol. The molecule has 0 aliphatic heterocycles. The molecule has 5 heteroatoms. The molecular weight excluding hydrogens is 260 g/mol. The first-order chi connectivity index (χ1) is 8.90. The molecule has 1 aromatic carbocycles. The number of thiocarbonyl (C=S) groups is 1. The van der Waals surface area contributed by atoms with E-state index in [1.807, 2.05) is 52.0 Å². The molecule has 0 fully saturated rings. The normalized spacial score (nSPS) is 10.4. The minimum atomic E-state index is -0.111. The third-order valence-corrected chi connectivity index (χ3v) is 2.46. The van der Waals surface area contributed by atoms with Crippen LogP contribution >= 0.6 is 12.2 Å². The summed E-state index contributed by atoms with van der Waals surface area (Å²) < 4.78 is 5.66. The van der Waals surface area contributed by atoms with Crippen LogP contribution in [0.1, 0.15) is 27.7 Å². The summed E-state index contributed by atoms with van der Waals surface area (Å²) in [6, 6.07) is 7.47. The van der Waals surface area contributed by atoms with E-state index in [9.17, 15) is 4.79 Å². The van der Waals surface area contributed by atoms with Crippen molar-refractivity contribution >= 4 is 28.9 Å². The number of nitrogens with one attached hydrogen (secondary N) is 2. The molecule has 1 amide bonds. The van der Waals surface area contributed by atoms with E-state index in [0.717, 1.165) is 5.69 Å². The summed E-state index contributed by atoms with van der Waals surface area (Å²) in [4.78, 5) is 11.5. The molecule has 1 rings (SSSR count). The van der Waals surface area contributed by atoms with E-state index in [1.54, 1.807) is 0 Å². The Bertz CT molecular complexity index is 459. The molecule has 0 saturated heterocycles. The maximum absolute atomic E-state index is 11.5. The maximum Gasteiger partial charge on any atom is 0.228 e. The number of carbonyl (C=O) groups is 1. The van der Waals surface area contributed by atoms with Crippen LogP contribution in [0.2, 0.25) is 0 Å². The van der Waals surface area contributed by atoms with Gasteiger partial charge in [0.05, 0.1) is 11.8 Å². The second-order valence-corrected chi connectivity index (χ2v) is 5.17. The molecule has 0 radical (unpaired) electrons. The zero-order valence-corrected chi connectivity index (χ0v) is 12.5. The molecule has 0 spiro atoms. The molecule has 0 atom stereocenters. The zero-order chi connectivity index (χ0) is 14.4. The fourth-order valence-electron chi connectivity index (χ4n) is 1.34. The van der Waals surface area contributed by atoms with Crippen LogP contribution in [0.3, 0.4) is 0 Å². The van der Waals surface area contributed by atoms with Crippen LogP contribution in [0.5, 0.6) is 5.75 Å². The van der Waals surface area contributed by atoms with Crippen LogP contribution in [-0.2, 0) is 4.79 Å². The highest BCUT2D eigenvalue weighted by Crippen LogP contribution is 2.24. The highest BCUT2D eigenvalue weighted by atomic mass is 32.1. The van der Waals surface area contributed by atoms with E-state index < -0.39 is 0 Å². The summed E-state index contributed by atoms with van der Waals surface area (Å²) in [7, 11) is 0. The lowest BCUT2D eigenvalue weighted by molar-refractivity contribution is -0.122. The van der Waals surface area contributed by atoms with Crippen LogP contribution < -0.4 is 15.4 Å². The molecule has 0 heterocycles. The maximum atomic E-state index is 11.5. The van der Waals surface area contributed by atoms with Crippen molar-refractivity contribution in [1.82, 2.24) is 5.32 Å². The van der Waals surface area contributed by atoms with Crippen molar-refractivity contribution in [3.8, 4) is 5.75 Å². The molecule has 0 aliphatic carbocycles. The quantitative estimate of drug-likeness (QED) is 0.833. The van der Waals surface area contributed by atoms with E-state index in [1.165, 1.54) is 0 Å². The number of carbonyl (C=O) groups excluding carboxylic acids is 1. The summed E-state index contributed by atoms with van der Waals surface area (Å²) in [5.74, 6) is 0.486. The van der Waals surface area contributed by atoms with E-state index in [0.29, 0.717) is 5.75 Å². The van der Waals surface area contributed by atoms with Gasteiger partial charge in [-0.3, -0.25) is 4.79 Å². The average Bonchev–Trinajstić information content (AvgIpc) is 2.30. The topological polar surface area (TPSA) is 50.4 Å². The van der Waals surface area contributed by atoms with Crippen molar-refractivity contribution in [2.24, 2.45) is 5.92 Å². The molecule has 0 aromatic heterocycles. The molecule has 4 nitrogen and oxygen atoms in total. The first kappa shape index (κ1) is 15.4. The number of ether oxygens (including phenoxy) is 1. The van der Waals surface area contributed by atoms with Crippen molar-refractivity contribution in [2.75, 3.05) is 5.32 Å². The van der Waals surface area contributed by atoms with Crippen molar-refractivity contribution < 1.29 is 9.53 Å². The van der Waals surface area contributed by atoms with Gasteiger partial charge in [-0.15, -0.1) is 0 Å². The van der Waals surface area contributed by atoms with E-state index in [2.05, 4.69) is 10.6 Å².